The van der Waals surface area contributed by atoms with Gasteiger partial charge in [-0.25, -0.2) is 0 Å². The molecule has 0 saturated heterocycles. The molecule has 0 atom stereocenters. The number of fused-ring (bicyclic) bond motifs is 1. The summed E-state index contributed by atoms with van der Waals surface area (Å²) in [5.74, 6) is 0.664. The Labute approximate surface area is 227 Å². The minimum absolute atomic E-state index is 0.0419. The summed E-state index contributed by atoms with van der Waals surface area (Å²) < 4.78 is 46.7. The van der Waals surface area contributed by atoms with Gasteiger partial charge in [0.1, 0.15) is 5.75 Å². The molecule has 2 aliphatic rings. The summed E-state index contributed by atoms with van der Waals surface area (Å²) in [4.78, 5) is 29.2. The molecule has 4 rings (SSSR count). The lowest BCUT2D eigenvalue weighted by atomic mass is 10.1. The maximum absolute atomic E-state index is 13.6. The molecule has 1 saturated carbocycles. The van der Waals surface area contributed by atoms with Crippen molar-refractivity contribution in [2.75, 3.05) is 38.1 Å². The molecule has 2 N–H and O–H groups in total. The summed E-state index contributed by atoms with van der Waals surface area (Å²) in [6.45, 7) is 7.38. The molecule has 0 bridgehead atoms. The van der Waals surface area contributed by atoms with Gasteiger partial charge in [0.05, 0.1) is 17.8 Å². The Morgan fingerprint density at radius 1 is 1.10 bits per heavy atom. The van der Waals surface area contributed by atoms with Crippen LogP contribution in [0.15, 0.2) is 42.5 Å². The zero-order chi connectivity index (χ0) is 28.2. The monoisotopic (exact) mass is 546 g/mol. The van der Waals surface area contributed by atoms with Crippen LogP contribution in [0.2, 0.25) is 0 Å². The van der Waals surface area contributed by atoms with E-state index in [-0.39, 0.29) is 49.2 Å². The van der Waals surface area contributed by atoms with Gasteiger partial charge in [0.2, 0.25) is 5.91 Å². The van der Waals surface area contributed by atoms with E-state index in [0.717, 1.165) is 31.0 Å². The maximum atomic E-state index is 13.6. The zero-order valence-electron chi connectivity index (χ0n) is 22.7. The van der Waals surface area contributed by atoms with Crippen LogP contribution in [0.25, 0.3) is 0 Å². The van der Waals surface area contributed by atoms with Gasteiger partial charge >= 0.3 is 6.18 Å². The Kier molecular flexibility index (Phi) is 8.73. The normalized spacial score (nSPS) is 15.8. The summed E-state index contributed by atoms with van der Waals surface area (Å²) in [5, 5.41) is 6.40. The highest BCUT2D eigenvalue weighted by Crippen LogP contribution is 2.35. The maximum Gasteiger partial charge on any atom is 0.416 e. The van der Waals surface area contributed by atoms with E-state index in [1.807, 2.05) is 37.8 Å². The standard InChI is InChI=1S/C29H37F3N4O3/c1-28(2,3)34-13-14-35(17-21-7-4-5-9-23(21)29(30,31)32)25(37)15-33-24-10-6-8-22-18-36(16-20-11-12-20)26(38)19-39-27(22)24/h4-10,20,33-34H,11-19H2,1-3H3. The number of amides is 2. The Morgan fingerprint density at radius 2 is 1.85 bits per heavy atom. The van der Waals surface area contributed by atoms with Crippen molar-refractivity contribution in [2.24, 2.45) is 5.92 Å². The van der Waals surface area contributed by atoms with Crippen molar-refractivity contribution < 1.29 is 27.5 Å². The molecule has 0 aromatic heterocycles. The predicted octanol–water partition coefficient (Wildman–Crippen LogP) is 4.67. The molecule has 2 amide bonds. The first-order valence-corrected chi connectivity index (χ1v) is 13.3. The van der Waals surface area contributed by atoms with Crippen LogP contribution in [0.3, 0.4) is 0 Å². The molecule has 2 aromatic carbocycles. The number of nitrogens with zero attached hydrogens (tertiary/aromatic N) is 2. The molecule has 2 aromatic rings. The Hall–Kier alpha value is -3.27. The first-order valence-electron chi connectivity index (χ1n) is 13.3. The lowest BCUT2D eigenvalue weighted by Gasteiger charge is -2.28. The van der Waals surface area contributed by atoms with E-state index < -0.39 is 11.7 Å². The highest BCUT2D eigenvalue weighted by atomic mass is 19.4. The molecule has 1 fully saturated rings. The number of benzene rings is 2. The number of anilines is 1. The summed E-state index contributed by atoms with van der Waals surface area (Å²) in [7, 11) is 0. The van der Waals surface area contributed by atoms with Gasteiger partial charge in [-0.2, -0.15) is 13.2 Å². The Morgan fingerprint density at radius 3 is 2.54 bits per heavy atom. The van der Waals surface area contributed by atoms with Crippen LogP contribution >= 0.6 is 0 Å². The van der Waals surface area contributed by atoms with E-state index >= 15 is 0 Å². The van der Waals surface area contributed by atoms with Crippen LogP contribution in [0.1, 0.15) is 50.3 Å². The van der Waals surface area contributed by atoms with Gasteiger partial charge in [0.25, 0.3) is 5.91 Å². The van der Waals surface area contributed by atoms with Crippen molar-refractivity contribution in [3.05, 3.63) is 59.2 Å². The van der Waals surface area contributed by atoms with Crippen molar-refractivity contribution in [2.45, 2.75) is 58.4 Å². The second-order valence-electron chi connectivity index (χ2n) is 11.3. The summed E-state index contributed by atoms with van der Waals surface area (Å²) >= 11 is 0. The molecule has 10 heteroatoms. The molecule has 0 radical (unpaired) electrons. The van der Waals surface area contributed by atoms with Gasteiger partial charge in [0.15, 0.2) is 6.61 Å². The van der Waals surface area contributed by atoms with Gasteiger partial charge in [-0.3, -0.25) is 9.59 Å². The SMILES string of the molecule is CC(C)(C)NCCN(Cc1ccccc1C(F)(F)F)C(=O)CNc1cccc2c1OCC(=O)N(CC1CC1)C2. The quantitative estimate of drug-likeness (QED) is 0.453. The topological polar surface area (TPSA) is 73.9 Å². The molecule has 1 aliphatic heterocycles. The van der Waals surface area contributed by atoms with E-state index in [2.05, 4.69) is 10.6 Å². The number of halogens is 3. The third-order valence-electron chi connectivity index (χ3n) is 6.83. The molecule has 212 valence electrons. The number of carbonyl (C=O) groups is 2. The van der Waals surface area contributed by atoms with Crippen molar-refractivity contribution in [3.63, 3.8) is 0 Å². The van der Waals surface area contributed by atoms with Gasteiger partial charge in [-0.15, -0.1) is 0 Å². The van der Waals surface area contributed by atoms with Crippen LogP contribution in [-0.4, -0.2) is 59.9 Å². The largest absolute Gasteiger partial charge is 0.481 e. The Bertz CT molecular complexity index is 1180. The predicted molar refractivity (Wildman–Crippen MR) is 143 cm³/mol. The van der Waals surface area contributed by atoms with Crippen LogP contribution in [0, 0.1) is 5.92 Å². The number of para-hydroxylation sites is 1. The average Bonchev–Trinajstić information content (AvgIpc) is 3.69. The number of hydrogen-bond donors (Lipinski definition) is 2. The summed E-state index contributed by atoms with van der Waals surface area (Å²) in [6, 6.07) is 10.8. The molecule has 7 nitrogen and oxygen atoms in total. The molecule has 0 spiro atoms. The number of hydrogen-bond acceptors (Lipinski definition) is 5. The first kappa shape index (κ1) is 28.7. The highest BCUT2D eigenvalue weighted by Gasteiger charge is 2.34. The molecule has 0 unspecified atom stereocenters. The van der Waals surface area contributed by atoms with Gasteiger partial charge < -0.3 is 25.2 Å². The van der Waals surface area contributed by atoms with Crippen molar-refractivity contribution in [1.29, 1.82) is 0 Å². The molecule has 1 aliphatic carbocycles. The number of carbonyl (C=O) groups excluding carboxylic acids is 2. The van der Waals surface area contributed by atoms with E-state index in [4.69, 9.17) is 4.74 Å². The van der Waals surface area contributed by atoms with Gasteiger partial charge in [-0.05, 0) is 57.2 Å². The fourth-order valence-electron chi connectivity index (χ4n) is 4.60. The van der Waals surface area contributed by atoms with E-state index in [9.17, 15) is 22.8 Å². The molecular weight excluding hydrogens is 509 g/mol. The first-order chi connectivity index (χ1) is 18.4. The number of ether oxygens (including phenoxy) is 1. The third kappa shape index (κ3) is 8.11. The van der Waals surface area contributed by atoms with E-state index in [1.54, 1.807) is 12.1 Å². The number of nitrogens with one attached hydrogen (secondary N) is 2. The molecule has 1 heterocycles. The van der Waals surface area contributed by atoms with Crippen LogP contribution in [-0.2, 0) is 28.9 Å². The minimum atomic E-state index is -4.52. The molecule has 39 heavy (non-hydrogen) atoms. The van der Waals surface area contributed by atoms with Crippen LogP contribution in [0.5, 0.6) is 5.75 Å². The average molecular weight is 547 g/mol. The third-order valence-corrected chi connectivity index (χ3v) is 6.83. The van der Waals surface area contributed by atoms with Crippen LogP contribution in [0.4, 0.5) is 18.9 Å². The fraction of sp³-hybridized carbons (Fsp3) is 0.517. The van der Waals surface area contributed by atoms with Gasteiger partial charge in [-0.1, -0.05) is 30.3 Å². The smallest absolute Gasteiger partial charge is 0.416 e. The molecular formula is C29H37F3N4O3. The van der Waals surface area contributed by atoms with Crippen molar-refractivity contribution in [1.82, 2.24) is 15.1 Å². The van der Waals surface area contributed by atoms with E-state index in [0.29, 0.717) is 30.4 Å². The van der Waals surface area contributed by atoms with E-state index in [1.165, 1.54) is 17.0 Å². The Balaban J connectivity index is 1.48. The van der Waals surface area contributed by atoms with Crippen molar-refractivity contribution >= 4 is 17.5 Å². The number of rotatable bonds is 10. The second-order valence-corrected chi connectivity index (χ2v) is 11.3. The van der Waals surface area contributed by atoms with Gasteiger partial charge in [0, 0.05) is 43.8 Å². The second kappa shape index (κ2) is 11.9. The zero-order valence-corrected chi connectivity index (χ0v) is 22.7. The van der Waals surface area contributed by atoms with Crippen LogP contribution < -0.4 is 15.4 Å². The fourth-order valence-corrected chi connectivity index (χ4v) is 4.60. The van der Waals surface area contributed by atoms with Crippen molar-refractivity contribution in [3.8, 4) is 5.75 Å². The lowest BCUT2D eigenvalue weighted by molar-refractivity contribution is -0.139. The highest BCUT2D eigenvalue weighted by molar-refractivity contribution is 5.82. The lowest BCUT2D eigenvalue weighted by Crippen LogP contribution is -2.44. The summed E-state index contributed by atoms with van der Waals surface area (Å²) in [6.07, 6.45) is -2.25. The number of alkyl halides is 3. The summed E-state index contributed by atoms with van der Waals surface area (Å²) in [5.41, 5.74) is 0.511. The minimum Gasteiger partial charge on any atom is -0.481 e.